The van der Waals surface area contributed by atoms with Crippen molar-refractivity contribution in [2.24, 2.45) is 5.73 Å². The van der Waals surface area contributed by atoms with E-state index in [-0.39, 0.29) is 18.2 Å². The molecule has 0 aliphatic heterocycles. The van der Waals surface area contributed by atoms with Crippen molar-refractivity contribution in [1.82, 2.24) is 9.36 Å². The maximum atomic E-state index is 12.3. The molecule has 0 aromatic carbocycles. The summed E-state index contributed by atoms with van der Waals surface area (Å²) in [6.45, 7) is 1.21. The predicted octanol–water partition coefficient (Wildman–Crippen LogP) is 1.82. The molecule has 0 fully saturated rings. The molecule has 1 heterocycles. The molecule has 2 N–H and O–H groups in total. The van der Waals surface area contributed by atoms with Gasteiger partial charge in [-0.15, -0.1) is 0 Å². The summed E-state index contributed by atoms with van der Waals surface area (Å²) in [5, 5.41) is 0.288. The fraction of sp³-hybridized carbons (Fsp3) is 0.778. The van der Waals surface area contributed by atoms with E-state index in [2.05, 4.69) is 9.36 Å². The second-order valence-electron chi connectivity index (χ2n) is 3.57. The molecule has 1 rings (SSSR count). The number of rotatable bonds is 6. The van der Waals surface area contributed by atoms with E-state index in [1.807, 2.05) is 6.92 Å². The summed E-state index contributed by atoms with van der Waals surface area (Å²) in [5.41, 5.74) is 5.30. The third-order valence-electron chi connectivity index (χ3n) is 1.97. The Morgan fingerprint density at radius 2 is 2.12 bits per heavy atom. The number of aryl methyl sites for hydroxylation is 1. The van der Waals surface area contributed by atoms with Crippen LogP contribution >= 0.6 is 11.5 Å². The third-order valence-corrected chi connectivity index (χ3v) is 2.79. The van der Waals surface area contributed by atoms with Crippen LogP contribution in [0.2, 0.25) is 0 Å². The first-order valence-corrected chi connectivity index (χ1v) is 6.08. The molecule has 0 saturated heterocycles. The highest BCUT2D eigenvalue weighted by Crippen LogP contribution is 2.23. The zero-order chi connectivity index (χ0) is 12.9. The Balaban J connectivity index is 2.74. The van der Waals surface area contributed by atoms with Gasteiger partial charge in [0.2, 0.25) is 5.13 Å². The highest BCUT2D eigenvalue weighted by molar-refractivity contribution is 7.09. The number of hydrogen-bond acceptors (Lipinski definition) is 5. The van der Waals surface area contributed by atoms with Crippen molar-refractivity contribution in [2.45, 2.75) is 25.9 Å². The second-order valence-corrected chi connectivity index (χ2v) is 4.30. The van der Waals surface area contributed by atoms with Gasteiger partial charge in [0.25, 0.3) is 0 Å². The number of anilines is 1. The summed E-state index contributed by atoms with van der Waals surface area (Å²) in [4.78, 5) is 5.20. The molecule has 0 unspecified atom stereocenters. The monoisotopic (exact) mass is 268 g/mol. The molecule has 0 atom stereocenters. The van der Waals surface area contributed by atoms with Gasteiger partial charge < -0.3 is 10.6 Å². The molecule has 0 radical (unpaired) electrons. The minimum absolute atomic E-state index is 0.125. The van der Waals surface area contributed by atoms with Crippen LogP contribution in [0.25, 0.3) is 0 Å². The number of nitrogens with two attached hydrogens (primary N) is 1. The van der Waals surface area contributed by atoms with Gasteiger partial charge in [-0.05, 0) is 6.42 Å². The largest absolute Gasteiger partial charge is 0.406 e. The average molecular weight is 268 g/mol. The van der Waals surface area contributed by atoms with Crippen molar-refractivity contribution in [1.29, 1.82) is 0 Å². The first-order valence-electron chi connectivity index (χ1n) is 5.30. The van der Waals surface area contributed by atoms with Crippen molar-refractivity contribution >= 4 is 16.7 Å². The average Bonchev–Trinajstić information content (AvgIpc) is 2.64. The van der Waals surface area contributed by atoms with Crippen LogP contribution in [0.5, 0.6) is 0 Å². The standard InChI is InChI=1S/C9H15F3N4S/c1-2-3-7-14-8(17-15-7)16(5-4-13)6-9(10,11)12/h2-6,13H2,1H3. The first-order chi connectivity index (χ1) is 7.96. The van der Waals surface area contributed by atoms with E-state index in [9.17, 15) is 13.2 Å². The van der Waals surface area contributed by atoms with Crippen LogP contribution in [0.1, 0.15) is 19.2 Å². The minimum Gasteiger partial charge on any atom is -0.336 e. The first kappa shape index (κ1) is 14.2. The van der Waals surface area contributed by atoms with Gasteiger partial charge in [-0.1, -0.05) is 6.92 Å². The normalized spacial score (nSPS) is 11.8. The number of halogens is 3. The van der Waals surface area contributed by atoms with Crippen molar-refractivity contribution in [3.63, 3.8) is 0 Å². The van der Waals surface area contributed by atoms with Crippen molar-refractivity contribution in [3.05, 3.63) is 5.82 Å². The smallest absolute Gasteiger partial charge is 0.336 e. The lowest BCUT2D eigenvalue weighted by Crippen LogP contribution is -2.37. The zero-order valence-electron chi connectivity index (χ0n) is 9.50. The Morgan fingerprint density at radius 3 is 2.65 bits per heavy atom. The maximum Gasteiger partial charge on any atom is 0.406 e. The molecule has 1 aromatic heterocycles. The molecule has 98 valence electrons. The van der Waals surface area contributed by atoms with E-state index in [1.54, 1.807) is 0 Å². The molecule has 8 heteroatoms. The fourth-order valence-corrected chi connectivity index (χ4v) is 2.05. The Bertz CT molecular complexity index is 339. The Morgan fingerprint density at radius 1 is 1.41 bits per heavy atom. The summed E-state index contributed by atoms with van der Waals surface area (Å²) < 4.78 is 41.1. The van der Waals surface area contributed by atoms with E-state index in [0.717, 1.165) is 22.9 Å². The topological polar surface area (TPSA) is 55.0 Å². The molecule has 0 spiro atoms. The van der Waals surface area contributed by atoms with E-state index >= 15 is 0 Å². The Labute approximate surface area is 102 Å². The SMILES string of the molecule is CCCc1nsc(N(CCN)CC(F)(F)F)n1. The van der Waals surface area contributed by atoms with Crippen molar-refractivity contribution < 1.29 is 13.2 Å². The van der Waals surface area contributed by atoms with Gasteiger partial charge in [-0.25, -0.2) is 4.98 Å². The molecule has 0 amide bonds. The van der Waals surface area contributed by atoms with E-state index in [1.165, 1.54) is 0 Å². The lowest BCUT2D eigenvalue weighted by molar-refractivity contribution is -0.119. The van der Waals surface area contributed by atoms with Gasteiger partial charge in [0.05, 0.1) is 0 Å². The predicted molar refractivity (Wildman–Crippen MR) is 61.2 cm³/mol. The quantitative estimate of drug-likeness (QED) is 0.855. The highest BCUT2D eigenvalue weighted by atomic mass is 32.1. The van der Waals surface area contributed by atoms with Gasteiger partial charge in [-0.3, -0.25) is 0 Å². The van der Waals surface area contributed by atoms with Gasteiger partial charge in [0.1, 0.15) is 12.4 Å². The summed E-state index contributed by atoms with van der Waals surface area (Å²) >= 11 is 0.987. The molecular weight excluding hydrogens is 253 g/mol. The molecule has 4 nitrogen and oxygen atoms in total. The van der Waals surface area contributed by atoms with Gasteiger partial charge in [-0.2, -0.15) is 17.5 Å². The molecule has 0 aliphatic carbocycles. The molecule has 1 aromatic rings. The summed E-state index contributed by atoms with van der Waals surface area (Å²) in [5.74, 6) is 0.594. The molecule has 0 aliphatic rings. The summed E-state index contributed by atoms with van der Waals surface area (Å²) in [7, 11) is 0. The van der Waals surface area contributed by atoms with Crippen molar-refractivity contribution in [3.8, 4) is 0 Å². The fourth-order valence-electron chi connectivity index (χ4n) is 1.31. The van der Waals surface area contributed by atoms with E-state index < -0.39 is 12.7 Å². The lowest BCUT2D eigenvalue weighted by Gasteiger charge is -2.21. The van der Waals surface area contributed by atoms with Crippen LogP contribution < -0.4 is 10.6 Å². The van der Waals surface area contributed by atoms with Crippen LogP contribution in [0.4, 0.5) is 18.3 Å². The molecule has 0 saturated carbocycles. The van der Waals surface area contributed by atoms with Gasteiger partial charge >= 0.3 is 6.18 Å². The second kappa shape index (κ2) is 6.15. The lowest BCUT2D eigenvalue weighted by atomic mass is 10.3. The molecule has 0 bridgehead atoms. The Hall–Kier alpha value is -0.890. The summed E-state index contributed by atoms with van der Waals surface area (Å²) in [6.07, 6.45) is -2.71. The maximum absolute atomic E-state index is 12.3. The van der Waals surface area contributed by atoms with E-state index in [4.69, 9.17) is 5.73 Å². The zero-order valence-corrected chi connectivity index (χ0v) is 10.3. The molecular formula is C9H15F3N4S. The van der Waals surface area contributed by atoms with Crippen LogP contribution in [-0.2, 0) is 6.42 Å². The van der Waals surface area contributed by atoms with Gasteiger partial charge in [0.15, 0.2) is 0 Å². The third kappa shape index (κ3) is 4.86. The van der Waals surface area contributed by atoms with Crippen molar-refractivity contribution in [2.75, 3.05) is 24.5 Å². The number of aromatic nitrogens is 2. The van der Waals surface area contributed by atoms with Gasteiger partial charge in [0, 0.05) is 31.0 Å². The summed E-state index contributed by atoms with van der Waals surface area (Å²) in [6, 6.07) is 0. The van der Waals surface area contributed by atoms with Crippen LogP contribution in [-0.4, -0.2) is 35.2 Å². The highest BCUT2D eigenvalue weighted by Gasteiger charge is 2.31. The van der Waals surface area contributed by atoms with Crippen LogP contribution in [0.15, 0.2) is 0 Å². The van der Waals surface area contributed by atoms with Crippen LogP contribution in [0.3, 0.4) is 0 Å². The Kier molecular flexibility index (Phi) is 5.13. The van der Waals surface area contributed by atoms with Crippen LogP contribution in [0, 0.1) is 0 Å². The number of hydrogen-bond donors (Lipinski definition) is 1. The molecule has 17 heavy (non-hydrogen) atoms. The van der Waals surface area contributed by atoms with E-state index in [0.29, 0.717) is 12.2 Å². The minimum atomic E-state index is -4.26. The number of nitrogens with zero attached hydrogens (tertiary/aromatic N) is 3. The number of alkyl halides is 3.